The normalized spacial score (nSPS) is 10.4. The topological polar surface area (TPSA) is 44.1 Å². The van der Waals surface area contributed by atoms with E-state index in [1.54, 1.807) is 13.0 Å². The van der Waals surface area contributed by atoms with E-state index in [9.17, 15) is 4.79 Å². The van der Waals surface area contributed by atoms with Crippen LogP contribution in [0.1, 0.15) is 49.3 Å². The quantitative estimate of drug-likeness (QED) is 0.551. The summed E-state index contributed by atoms with van der Waals surface area (Å²) in [7, 11) is 0. The molecule has 0 aromatic carbocycles. The number of carbonyl (C=O) groups is 1. The van der Waals surface area contributed by atoms with E-state index < -0.39 is 0 Å². The van der Waals surface area contributed by atoms with E-state index in [1.807, 2.05) is 11.6 Å². The first-order valence-corrected chi connectivity index (χ1v) is 5.90. The Morgan fingerprint density at radius 1 is 1.44 bits per heavy atom. The molecule has 0 aliphatic carbocycles. The number of hydrogen-bond donors (Lipinski definition) is 0. The molecule has 1 heterocycles. The molecular weight excluding hydrogens is 204 g/mol. The van der Waals surface area contributed by atoms with Gasteiger partial charge in [-0.3, -0.25) is 4.68 Å². The van der Waals surface area contributed by atoms with Gasteiger partial charge < -0.3 is 4.74 Å². The Hall–Kier alpha value is -1.32. The average Bonchev–Trinajstić information content (AvgIpc) is 2.61. The van der Waals surface area contributed by atoms with Crippen LogP contribution in [-0.4, -0.2) is 22.4 Å². The van der Waals surface area contributed by atoms with Crippen molar-refractivity contribution in [3.8, 4) is 0 Å². The fraction of sp³-hybridized carbons (Fsp3) is 0.667. The average molecular weight is 224 g/mol. The Morgan fingerprint density at radius 2 is 2.19 bits per heavy atom. The van der Waals surface area contributed by atoms with Gasteiger partial charge in [-0.1, -0.05) is 19.8 Å². The molecule has 0 N–H and O–H groups in total. The van der Waals surface area contributed by atoms with Crippen LogP contribution in [0.5, 0.6) is 0 Å². The molecule has 90 valence electrons. The predicted molar refractivity (Wildman–Crippen MR) is 62.4 cm³/mol. The lowest BCUT2D eigenvalue weighted by Crippen LogP contribution is -2.07. The van der Waals surface area contributed by atoms with Crippen molar-refractivity contribution >= 4 is 5.97 Å². The Kier molecular flexibility index (Phi) is 5.02. The van der Waals surface area contributed by atoms with Gasteiger partial charge in [0.15, 0.2) is 5.69 Å². The Bertz CT molecular complexity index is 345. The van der Waals surface area contributed by atoms with Gasteiger partial charge in [0.25, 0.3) is 0 Å². The van der Waals surface area contributed by atoms with Crippen LogP contribution in [0, 0.1) is 6.92 Å². The fourth-order valence-electron chi connectivity index (χ4n) is 1.55. The van der Waals surface area contributed by atoms with E-state index in [4.69, 9.17) is 4.74 Å². The second kappa shape index (κ2) is 6.30. The van der Waals surface area contributed by atoms with Gasteiger partial charge in [0.05, 0.1) is 6.61 Å². The number of unbranched alkanes of at least 4 members (excludes halogenated alkanes) is 2. The fourth-order valence-corrected chi connectivity index (χ4v) is 1.55. The van der Waals surface area contributed by atoms with Gasteiger partial charge in [-0.15, -0.1) is 0 Å². The summed E-state index contributed by atoms with van der Waals surface area (Å²) in [4.78, 5) is 11.4. The molecule has 0 fully saturated rings. The van der Waals surface area contributed by atoms with Crippen LogP contribution in [0.4, 0.5) is 0 Å². The summed E-state index contributed by atoms with van der Waals surface area (Å²) in [5.41, 5.74) is 1.43. The number of nitrogens with zero attached hydrogens (tertiary/aromatic N) is 2. The molecular formula is C12H20N2O2. The highest BCUT2D eigenvalue weighted by molar-refractivity contribution is 5.87. The summed E-state index contributed by atoms with van der Waals surface area (Å²) >= 11 is 0. The van der Waals surface area contributed by atoms with Crippen LogP contribution in [-0.2, 0) is 11.3 Å². The molecule has 4 heteroatoms. The van der Waals surface area contributed by atoms with Crippen molar-refractivity contribution in [1.29, 1.82) is 0 Å². The summed E-state index contributed by atoms with van der Waals surface area (Å²) < 4.78 is 6.78. The maximum atomic E-state index is 11.4. The lowest BCUT2D eigenvalue weighted by molar-refractivity contribution is 0.0518. The van der Waals surface area contributed by atoms with Crippen molar-refractivity contribution in [2.24, 2.45) is 0 Å². The Labute approximate surface area is 96.6 Å². The van der Waals surface area contributed by atoms with Crippen LogP contribution >= 0.6 is 0 Å². The van der Waals surface area contributed by atoms with E-state index >= 15 is 0 Å². The molecule has 0 atom stereocenters. The maximum Gasteiger partial charge on any atom is 0.358 e. The summed E-state index contributed by atoms with van der Waals surface area (Å²) in [6, 6.07) is 1.78. The minimum absolute atomic E-state index is 0.333. The summed E-state index contributed by atoms with van der Waals surface area (Å²) in [6.07, 6.45) is 3.47. The van der Waals surface area contributed by atoms with E-state index in [2.05, 4.69) is 12.0 Å². The molecule has 0 bridgehead atoms. The highest BCUT2D eigenvalue weighted by Crippen LogP contribution is 2.07. The zero-order valence-electron chi connectivity index (χ0n) is 10.3. The zero-order valence-corrected chi connectivity index (χ0v) is 10.3. The standard InChI is InChI=1S/C12H20N2O2/c1-4-6-7-8-14-10(3)9-11(13-14)12(15)16-5-2/h9H,4-8H2,1-3H3. The maximum absolute atomic E-state index is 11.4. The van der Waals surface area contributed by atoms with Gasteiger partial charge in [0.2, 0.25) is 0 Å². The lowest BCUT2D eigenvalue weighted by atomic mass is 10.2. The third-order valence-electron chi connectivity index (χ3n) is 2.44. The first-order chi connectivity index (χ1) is 7.69. The largest absolute Gasteiger partial charge is 0.461 e. The van der Waals surface area contributed by atoms with Gasteiger partial charge in [-0.05, 0) is 26.3 Å². The van der Waals surface area contributed by atoms with Crippen molar-refractivity contribution in [1.82, 2.24) is 9.78 Å². The third-order valence-corrected chi connectivity index (χ3v) is 2.44. The molecule has 0 aliphatic heterocycles. The van der Waals surface area contributed by atoms with E-state index in [1.165, 1.54) is 12.8 Å². The number of aryl methyl sites for hydroxylation is 2. The SMILES string of the molecule is CCCCCn1nc(C(=O)OCC)cc1C. The summed E-state index contributed by atoms with van der Waals surface area (Å²) in [5.74, 6) is -0.333. The minimum Gasteiger partial charge on any atom is -0.461 e. The molecule has 1 aromatic rings. The molecule has 16 heavy (non-hydrogen) atoms. The Morgan fingerprint density at radius 3 is 2.81 bits per heavy atom. The molecule has 0 amide bonds. The van der Waals surface area contributed by atoms with Crippen molar-refractivity contribution in [2.45, 2.75) is 46.6 Å². The zero-order chi connectivity index (χ0) is 12.0. The third kappa shape index (κ3) is 3.36. The van der Waals surface area contributed by atoms with E-state index in [-0.39, 0.29) is 5.97 Å². The molecule has 0 saturated heterocycles. The van der Waals surface area contributed by atoms with Crippen LogP contribution < -0.4 is 0 Å². The molecule has 0 saturated carbocycles. The minimum atomic E-state index is -0.333. The molecule has 0 radical (unpaired) electrons. The van der Waals surface area contributed by atoms with Gasteiger partial charge in [0, 0.05) is 12.2 Å². The van der Waals surface area contributed by atoms with E-state index in [0.29, 0.717) is 12.3 Å². The van der Waals surface area contributed by atoms with Crippen LogP contribution in [0.2, 0.25) is 0 Å². The number of carbonyl (C=O) groups excluding carboxylic acids is 1. The highest BCUT2D eigenvalue weighted by Gasteiger charge is 2.12. The van der Waals surface area contributed by atoms with Gasteiger partial charge >= 0.3 is 5.97 Å². The number of rotatable bonds is 6. The van der Waals surface area contributed by atoms with Crippen LogP contribution in [0.15, 0.2) is 6.07 Å². The van der Waals surface area contributed by atoms with Gasteiger partial charge in [-0.2, -0.15) is 5.10 Å². The molecule has 4 nitrogen and oxygen atoms in total. The summed E-state index contributed by atoms with van der Waals surface area (Å²) in [5, 5.41) is 4.24. The van der Waals surface area contributed by atoms with Gasteiger partial charge in [0.1, 0.15) is 0 Å². The van der Waals surface area contributed by atoms with Crippen molar-refractivity contribution in [3.05, 3.63) is 17.5 Å². The predicted octanol–water partition coefficient (Wildman–Crippen LogP) is 2.56. The lowest BCUT2D eigenvalue weighted by Gasteiger charge is -2.02. The van der Waals surface area contributed by atoms with E-state index in [0.717, 1.165) is 18.7 Å². The smallest absolute Gasteiger partial charge is 0.358 e. The molecule has 1 aromatic heterocycles. The van der Waals surface area contributed by atoms with Gasteiger partial charge in [-0.25, -0.2) is 4.79 Å². The second-order valence-corrected chi connectivity index (χ2v) is 3.82. The molecule has 1 rings (SSSR count). The van der Waals surface area contributed by atoms with Crippen molar-refractivity contribution < 1.29 is 9.53 Å². The molecule has 0 aliphatic rings. The highest BCUT2D eigenvalue weighted by atomic mass is 16.5. The number of ether oxygens (including phenoxy) is 1. The molecule has 0 unspecified atom stereocenters. The first-order valence-electron chi connectivity index (χ1n) is 5.90. The summed E-state index contributed by atoms with van der Waals surface area (Å²) in [6.45, 7) is 7.18. The monoisotopic (exact) mass is 224 g/mol. The number of aromatic nitrogens is 2. The second-order valence-electron chi connectivity index (χ2n) is 3.82. The first kappa shape index (κ1) is 12.7. The molecule has 0 spiro atoms. The number of esters is 1. The van der Waals surface area contributed by atoms with Crippen LogP contribution in [0.25, 0.3) is 0 Å². The Balaban J connectivity index is 2.62. The van der Waals surface area contributed by atoms with Crippen molar-refractivity contribution in [3.63, 3.8) is 0 Å². The number of hydrogen-bond acceptors (Lipinski definition) is 3. The van der Waals surface area contributed by atoms with Crippen LogP contribution in [0.3, 0.4) is 0 Å². The van der Waals surface area contributed by atoms with Crippen molar-refractivity contribution in [2.75, 3.05) is 6.61 Å².